The number of esters is 1. The minimum absolute atomic E-state index is 0.0236. The molecule has 0 saturated carbocycles. The summed E-state index contributed by atoms with van der Waals surface area (Å²) in [5.74, 6) is -0.544. The Labute approximate surface area is 452 Å². The van der Waals surface area contributed by atoms with Crippen LogP contribution in [0.4, 0.5) is 0 Å². The molecule has 428 valence electrons. The summed E-state index contributed by atoms with van der Waals surface area (Å²) in [6.45, 7) is 6.82. The van der Waals surface area contributed by atoms with Crippen molar-refractivity contribution in [2.24, 2.45) is 0 Å². The normalized spacial score (nSPS) is 14.0. The Kier molecular flexibility index (Phi) is 51.9. The number of ether oxygens (including phenoxy) is 1. The van der Waals surface area contributed by atoms with E-state index in [9.17, 15) is 19.0 Å². The van der Waals surface area contributed by atoms with Crippen molar-refractivity contribution in [1.29, 1.82) is 0 Å². The molecular weight excluding hydrogens is 928 g/mol. The molecule has 0 rings (SSSR count). The van der Waals surface area contributed by atoms with Gasteiger partial charge in [0, 0.05) is 12.8 Å². The molecule has 0 aliphatic heterocycles. The molecule has 0 heterocycles. The maximum Gasteiger partial charge on any atom is 0.306 e. The van der Waals surface area contributed by atoms with Gasteiger partial charge in [-0.3, -0.25) is 14.2 Å². The minimum Gasteiger partial charge on any atom is -0.756 e. The first-order chi connectivity index (χ1) is 35.4. The van der Waals surface area contributed by atoms with Gasteiger partial charge in [-0.1, -0.05) is 237 Å². The number of nitrogens with zero attached hydrogens (tertiary/aromatic N) is 1. The summed E-state index contributed by atoms with van der Waals surface area (Å²) < 4.78 is 30.3. The fraction of sp³-hybridized carbons (Fsp3) is 0.841. The predicted molar refractivity (Wildman–Crippen MR) is 312 cm³/mol. The van der Waals surface area contributed by atoms with Crippen molar-refractivity contribution < 1.29 is 37.3 Å². The van der Waals surface area contributed by atoms with Crippen LogP contribution in [-0.2, 0) is 27.9 Å². The van der Waals surface area contributed by atoms with Gasteiger partial charge in [0.05, 0.1) is 33.8 Å². The second-order valence-electron chi connectivity index (χ2n) is 22.2. The lowest BCUT2D eigenvalue weighted by molar-refractivity contribution is -0.870. The smallest absolute Gasteiger partial charge is 0.306 e. The molecule has 0 spiro atoms. The molecule has 73 heavy (non-hydrogen) atoms. The molecule has 0 saturated heterocycles. The molecule has 0 radical (unpaired) electrons. The van der Waals surface area contributed by atoms with Gasteiger partial charge in [0.15, 0.2) is 0 Å². The zero-order valence-corrected chi connectivity index (χ0v) is 49.7. The maximum absolute atomic E-state index is 13.5. The molecule has 0 aromatic rings. The van der Waals surface area contributed by atoms with Crippen LogP contribution in [0.15, 0.2) is 48.6 Å². The molecule has 1 N–H and O–H groups in total. The molecule has 10 heteroatoms. The average Bonchev–Trinajstić information content (AvgIpc) is 3.35. The third kappa shape index (κ3) is 54.6. The third-order valence-electron chi connectivity index (χ3n) is 13.7. The lowest BCUT2D eigenvalue weighted by Crippen LogP contribution is -2.47. The molecule has 3 atom stereocenters. The number of carbonyl (C=O) groups excluding carboxylic acids is 2. The van der Waals surface area contributed by atoms with E-state index in [-0.39, 0.29) is 31.5 Å². The van der Waals surface area contributed by atoms with E-state index in [2.05, 4.69) is 62.5 Å². The second kappa shape index (κ2) is 53.4. The van der Waals surface area contributed by atoms with Gasteiger partial charge in [0.2, 0.25) is 5.91 Å². The largest absolute Gasteiger partial charge is 0.756 e. The maximum atomic E-state index is 13.5. The van der Waals surface area contributed by atoms with E-state index >= 15 is 0 Å². The van der Waals surface area contributed by atoms with Crippen molar-refractivity contribution in [2.45, 2.75) is 303 Å². The van der Waals surface area contributed by atoms with Gasteiger partial charge in [-0.25, -0.2) is 0 Å². The standard InChI is InChI=1S/C63H119N2O7P/c1-7-10-13-16-19-22-25-27-29-31-32-34-35-37-40-43-46-49-52-55-62(66)64-60(59-71-73(68,69)70-58-57-65(4,5)6)61(54-51-48-45-42-39-24-21-18-15-12-9-3)72-63(67)56-53-50-47-44-41-38-36-33-30-28-26-23-20-17-14-11-8-2/h19,22,27-30,51,54,60-61H,7-18,20-21,23-26,31-50,52-53,55-59H2,1-6H3,(H-,64,66,68,69)/b22-19-,29-27-,30-28+,54-51+. The van der Waals surface area contributed by atoms with E-state index in [4.69, 9.17) is 13.8 Å². The van der Waals surface area contributed by atoms with Crippen molar-refractivity contribution in [1.82, 2.24) is 5.32 Å². The highest BCUT2D eigenvalue weighted by Gasteiger charge is 2.27. The van der Waals surface area contributed by atoms with Crippen LogP contribution in [-0.4, -0.2) is 69.4 Å². The molecule has 1 amide bonds. The quantitative estimate of drug-likeness (QED) is 0.0212. The summed E-state index contributed by atoms with van der Waals surface area (Å²) >= 11 is 0. The van der Waals surface area contributed by atoms with E-state index in [1.165, 1.54) is 167 Å². The molecular formula is C63H119N2O7P. The molecule has 9 nitrogen and oxygen atoms in total. The molecule has 0 aromatic heterocycles. The highest BCUT2D eigenvalue weighted by atomic mass is 31.2. The number of likely N-dealkylation sites (N-methyl/N-ethyl adjacent to an activating group) is 1. The highest BCUT2D eigenvalue weighted by molar-refractivity contribution is 7.45. The number of nitrogens with one attached hydrogen (secondary N) is 1. The summed E-state index contributed by atoms with van der Waals surface area (Å²) in [5.41, 5.74) is 0. The lowest BCUT2D eigenvalue weighted by atomic mass is 10.0. The van der Waals surface area contributed by atoms with E-state index in [1.807, 2.05) is 33.3 Å². The molecule has 0 aliphatic carbocycles. The molecule has 0 bridgehead atoms. The van der Waals surface area contributed by atoms with Crippen LogP contribution in [0.25, 0.3) is 0 Å². The monoisotopic (exact) mass is 1050 g/mol. The van der Waals surface area contributed by atoms with Crippen molar-refractivity contribution >= 4 is 19.7 Å². The number of rotatable bonds is 56. The minimum atomic E-state index is -4.70. The number of phosphoric acid groups is 1. The Morgan fingerprint density at radius 3 is 1.27 bits per heavy atom. The van der Waals surface area contributed by atoms with Gasteiger partial charge in [-0.2, -0.15) is 0 Å². The van der Waals surface area contributed by atoms with Crippen LogP contribution in [0.3, 0.4) is 0 Å². The molecule has 0 aromatic carbocycles. The average molecular weight is 1050 g/mol. The molecule has 0 aliphatic rings. The first kappa shape index (κ1) is 71.0. The van der Waals surface area contributed by atoms with E-state index in [1.54, 1.807) is 0 Å². The van der Waals surface area contributed by atoms with Gasteiger partial charge < -0.3 is 28.5 Å². The number of hydrogen-bond acceptors (Lipinski definition) is 7. The number of carbonyl (C=O) groups is 2. The van der Waals surface area contributed by atoms with Crippen LogP contribution in [0.1, 0.15) is 290 Å². The SMILES string of the molecule is CCCCC/C=C\C/C=C\CCCCCCCCCCCC(=O)NC(COP(=O)([O-])OCC[N+](C)(C)C)C(/C=C/CCCCCCCCCCC)OC(=O)CCCCCCCCC/C=C/CCCCCCCC. The van der Waals surface area contributed by atoms with E-state index in [0.29, 0.717) is 17.4 Å². The van der Waals surface area contributed by atoms with E-state index < -0.39 is 20.0 Å². The number of hydrogen-bond donors (Lipinski definition) is 1. The van der Waals surface area contributed by atoms with E-state index in [0.717, 1.165) is 89.9 Å². The van der Waals surface area contributed by atoms with Crippen molar-refractivity contribution in [3.63, 3.8) is 0 Å². The Balaban J connectivity index is 5.23. The Morgan fingerprint density at radius 2 is 0.836 bits per heavy atom. The lowest BCUT2D eigenvalue weighted by Gasteiger charge is -2.30. The predicted octanol–water partition coefficient (Wildman–Crippen LogP) is 18.3. The number of allylic oxidation sites excluding steroid dienone is 7. The topological polar surface area (TPSA) is 114 Å². The van der Waals surface area contributed by atoms with Crippen LogP contribution < -0.4 is 10.2 Å². The van der Waals surface area contributed by atoms with Crippen molar-refractivity contribution in [3.05, 3.63) is 48.6 Å². The zero-order valence-electron chi connectivity index (χ0n) is 48.8. The van der Waals surface area contributed by atoms with Crippen LogP contribution in [0.2, 0.25) is 0 Å². The first-order valence-electron chi connectivity index (χ1n) is 30.9. The third-order valence-corrected chi connectivity index (χ3v) is 14.7. The number of quaternary nitrogens is 1. The second-order valence-corrected chi connectivity index (χ2v) is 23.6. The van der Waals surface area contributed by atoms with Crippen LogP contribution in [0.5, 0.6) is 0 Å². The van der Waals surface area contributed by atoms with Gasteiger partial charge >= 0.3 is 5.97 Å². The molecule has 0 fully saturated rings. The summed E-state index contributed by atoms with van der Waals surface area (Å²) in [6.07, 6.45) is 65.0. The van der Waals surface area contributed by atoms with Crippen molar-refractivity contribution in [3.8, 4) is 0 Å². The summed E-state index contributed by atoms with van der Waals surface area (Å²) in [7, 11) is 1.18. The number of phosphoric ester groups is 1. The fourth-order valence-corrected chi connectivity index (χ4v) is 9.62. The van der Waals surface area contributed by atoms with Crippen molar-refractivity contribution in [2.75, 3.05) is 40.9 Å². The van der Waals surface area contributed by atoms with Gasteiger partial charge in [-0.05, 0) is 89.5 Å². The summed E-state index contributed by atoms with van der Waals surface area (Å²) in [4.78, 5) is 39.9. The molecule has 3 unspecified atom stereocenters. The highest BCUT2D eigenvalue weighted by Crippen LogP contribution is 2.38. The fourth-order valence-electron chi connectivity index (χ4n) is 8.90. The first-order valence-corrected chi connectivity index (χ1v) is 32.4. The Morgan fingerprint density at radius 1 is 0.479 bits per heavy atom. The zero-order chi connectivity index (χ0) is 53.6. The van der Waals surface area contributed by atoms with Gasteiger partial charge in [0.25, 0.3) is 7.82 Å². The van der Waals surface area contributed by atoms with Gasteiger partial charge in [0.1, 0.15) is 19.3 Å². The summed E-state index contributed by atoms with van der Waals surface area (Å²) in [5, 5.41) is 3.03. The van der Waals surface area contributed by atoms with Crippen LogP contribution >= 0.6 is 7.82 Å². The Bertz CT molecular complexity index is 1390. The number of unbranched alkanes of at least 4 members (excludes halogenated alkanes) is 34. The summed E-state index contributed by atoms with van der Waals surface area (Å²) in [6, 6.07) is -0.891. The number of amides is 1. The van der Waals surface area contributed by atoms with Gasteiger partial charge in [-0.15, -0.1) is 0 Å². The Hall–Kier alpha value is -2.03. The van der Waals surface area contributed by atoms with Crippen LogP contribution in [0, 0.1) is 0 Å².